The Hall–Kier alpha value is -3.12. The Kier molecular flexibility index (Phi) is 6.73. The lowest BCUT2D eigenvalue weighted by atomic mass is 10.0. The molecule has 27 heavy (non-hydrogen) atoms. The van der Waals surface area contributed by atoms with Gasteiger partial charge in [0.25, 0.3) is 11.8 Å². The molecule has 142 valence electrons. The minimum Gasteiger partial charge on any atom is -0.459 e. The number of esters is 1. The Morgan fingerprint density at radius 3 is 2.59 bits per heavy atom. The minimum atomic E-state index is -1.10. The fraction of sp³-hybridized carbons (Fsp3) is 0.333. The topological polar surface area (TPSA) is 121 Å². The summed E-state index contributed by atoms with van der Waals surface area (Å²) in [4.78, 5) is 36.8. The molecular formula is C18H19N3O5S. The first-order chi connectivity index (χ1) is 12.8. The lowest BCUT2D eigenvalue weighted by Crippen LogP contribution is -2.47. The highest BCUT2D eigenvalue weighted by atomic mass is 32.1. The van der Waals surface area contributed by atoms with Crippen molar-refractivity contribution in [1.29, 1.82) is 5.26 Å². The third-order valence-electron chi connectivity index (χ3n) is 3.64. The molecule has 8 nitrogen and oxygen atoms in total. The summed E-state index contributed by atoms with van der Waals surface area (Å²) < 4.78 is 10.2. The van der Waals surface area contributed by atoms with Crippen LogP contribution in [0.4, 0.5) is 5.00 Å². The van der Waals surface area contributed by atoms with E-state index in [-0.39, 0.29) is 11.7 Å². The highest BCUT2D eigenvalue weighted by Crippen LogP contribution is 2.22. The highest BCUT2D eigenvalue weighted by Gasteiger charge is 2.30. The summed E-state index contributed by atoms with van der Waals surface area (Å²) in [7, 11) is 0. The van der Waals surface area contributed by atoms with Gasteiger partial charge in [-0.05, 0) is 36.4 Å². The first-order valence-electron chi connectivity index (χ1n) is 8.16. The molecule has 0 saturated heterocycles. The zero-order valence-electron chi connectivity index (χ0n) is 15.0. The fourth-order valence-electron chi connectivity index (χ4n) is 2.13. The van der Waals surface area contributed by atoms with Crippen molar-refractivity contribution in [3.8, 4) is 6.07 Å². The van der Waals surface area contributed by atoms with Crippen LogP contribution >= 0.6 is 11.3 Å². The van der Waals surface area contributed by atoms with Crippen molar-refractivity contribution in [1.82, 2.24) is 5.32 Å². The third-order valence-corrected chi connectivity index (χ3v) is 4.47. The van der Waals surface area contributed by atoms with Crippen molar-refractivity contribution in [2.24, 2.45) is 5.92 Å². The van der Waals surface area contributed by atoms with Crippen LogP contribution in [-0.2, 0) is 14.3 Å². The number of hydrogen-bond donors (Lipinski definition) is 2. The number of nitriles is 1. The highest BCUT2D eigenvalue weighted by molar-refractivity contribution is 7.14. The van der Waals surface area contributed by atoms with E-state index < -0.39 is 29.9 Å². The average molecular weight is 389 g/mol. The van der Waals surface area contributed by atoms with E-state index in [1.807, 2.05) is 6.07 Å². The summed E-state index contributed by atoms with van der Waals surface area (Å²) in [6.07, 6.45) is 0.247. The number of nitrogens with one attached hydrogen (secondary N) is 2. The molecular weight excluding hydrogens is 370 g/mol. The SMILES string of the molecule is CC(C)[C@H](NC(=O)c1ccco1)C(=O)O[C@H](C)C(=O)Nc1sccc1C#N. The van der Waals surface area contributed by atoms with Crippen molar-refractivity contribution >= 4 is 34.1 Å². The van der Waals surface area contributed by atoms with Gasteiger partial charge in [-0.25, -0.2) is 4.79 Å². The van der Waals surface area contributed by atoms with E-state index in [1.165, 1.54) is 30.6 Å². The number of anilines is 1. The second-order valence-electron chi connectivity index (χ2n) is 6.02. The van der Waals surface area contributed by atoms with Gasteiger partial charge in [-0.3, -0.25) is 9.59 Å². The van der Waals surface area contributed by atoms with Crippen LogP contribution in [0.15, 0.2) is 34.3 Å². The summed E-state index contributed by atoms with van der Waals surface area (Å²) in [6, 6.07) is 5.62. The lowest BCUT2D eigenvalue weighted by Gasteiger charge is -2.22. The van der Waals surface area contributed by atoms with Gasteiger partial charge in [0.15, 0.2) is 11.9 Å². The summed E-state index contributed by atoms with van der Waals surface area (Å²) >= 11 is 1.19. The summed E-state index contributed by atoms with van der Waals surface area (Å²) in [5, 5.41) is 16.1. The lowest BCUT2D eigenvalue weighted by molar-refractivity contribution is -0.156. The Morgan fingerprint density at radius 2 is 2.00 bits per heavy atom. The largest absolute Gasteiger partial charge is 0.459 e. The number of thiophene rings is 1. The molecule has 0 aliphatic rings. The van der Waals surface area contributed by atoms with Gasteiger partial charge >= 0.3 is 5.97 Å². The Balaban J connectivity index is 1.98. The normalized spacial score (nSPS) is 12.7. The van der Waals surface area contributed by atoms with Gasteiger partial charge in [-0.15, -0.1) is 11.3 Å². The van der Waals surface area contributed by atoms with E-state index in [0.29, 0.717) is 10.6 Å². The molecule has 2 aromatic heterocycles. The van der Waals surface area contributed by atoms with Gasteiger partial charge in [0, 0.05) is 0 Å². The molecule has 9 heteroatoms. The Morgan fingerprint density at radius 1 is 1.26 bits per heavy atom. The molecule has 0 aliphatic carbocycles. The van der Waals surface area contributed by atoms with E-state index >= 15 is 0 Å². The van der Waals surface area contributed by atoms with E-state index in [1.54, 1.807) is 31.4 Å². The van der Waals surface area contributed by atoms with E-state index in [0.717, 1.165) is 0 Å². The smallest absolute Gasteiger partial charge is 0.329 e. The predicted octanol–water partition coefficient (Wildman–Crippen LogP) is 2.54. The maximum atomic E-state index is 12.4. The average Bonchev–Trinajstić information content (AvgIpc) is 3.30. The van der Waals surface area contributed by atoms with Crippen LogP contribution in [0, 0.1) is 17.2 Å². The van der Waals surface area contributed by atoms with Crippen molar-refractivity contribution in [3.05, 3.63) is 41.2 Å². The van der Waals surface area contributed by atoms with Crippen molar-refractivity contribution < 1.29 is 23.5 Å². The zero-order valence-corrected chi connectivity index (χ0v) is 15.8. The molecule has 0 spiro atoms. The summed E-state index contributed by atoms with van der Waals surface area (Å²) in [6.45, 7) is 4.90. The van der Waals surface area contributed by atoms with Crippen LogP contribution in [0.2, 0.25) is 0 Å². The summed E-state index contributed by atoms with van der Waals surface area (Å²) in [5.41, 5.74) is 0.331. The van der Waals surface area contributed by atoms with Crippen LogP contribution in [-0.4, -0.2) is 29.9 Å². The van der Waals surface area contributed by atoms with Gasteiger partial charge < -0.3 is 19.8 Å². The Bertz CT molecular complexity index is 851. The second-order valence-corrected chi connectivity index (χ2v) is 6.93. The number of rotatable bonds is 7. The van der Waals surface area contributed by atoms with Crippen LogP contribution < -0.4 is 10.6 Å². The number of amides is 2. The maximum absolute atomic E-state index is 12.4. The molecule has 0 fully saturated rings. The molecule has 2 N–H and O–H groups in total. The first-order valence-corrected chi connectivity index (χ1v) is 9.04. The van der Waals surface area contributed by atoms with Crippen LogP contribution in [0.1, 0.15) is 36.9 Å². The number of ether oxygens (including phenoxy) is 1. The third kappa shape index (κ3) is 5.18. The summed E-state index contributed by atoms with van der Waals surface area (Å²) in [5.74, 6) is -2.05. The van der Waals surface area contributed by atoms with E-state index in [9.17, 15) is 14.4 Å². The van der Waals surface area contributed by atoms with Gasteiger partial charge in [0.1, 0.15) is 17.1 Å². The van der Waals surface area contributed by atoms with Crippen molar-refractivity contribution in [2.75, 3.05) is 5.32 Å². The van der Waals surface area contributed by atoms with Crippen molar-refractivity contribution in [3.63, 3.8) is 0 Å². The maximum Gasteiger partial charge on any atom is 0.329 e. The molecule has 2 aromatic rings. The van der Waals surface area contributed by atoms with Crippen LogP contribution in [0.25, 0.3) is 0 Å². The van der Waals surface area contributed by atoms with Crippen LogP contribution in [0.5, 0.6) is 0 Å². The molecule has 0 bridgehead atoms. The van der Waals surface area contributed by atoms with Gasteiger partial charge in [-0.1, -0.05) is 13.8 Å². The molecule has 2 rings (SSSR count). The first kappa shape index (κ1) is 20.2. The number of carbonyl (C=O) groups is 3. The molecule has 2 atom stereocenters. The number of hydrogen-bond acceptors (Lipinski definition) is 7. The number of furan rings is 1. The molecule has 0 saturated carbocycles. The van der Waals surface area contributed by atoms with E-state index in [4.69, 9.17) is 14.4 Å². The number of nitrogens with zero attached hydrogens (tertiary/aromatic N) is 1. The predicted molar refractivity (Wildman–Crippen MR) is 98.0 cm³/mol. The molecule has 0 aromatic carbocycles. The molecule has 2 amide bonds. The quantitative estimate of drug-likeness (QED) is 0.702. The number of carbonyl (C=O) groups excluding carboxylic acids is 3. The van der Waals surface area contributed by atoms with Gasteiger partial charge in [0.2, 0.25) is 0 Å². The Labute approximate surface area is 160 Å². The molecule has 2 heterocycles. The monoisotopic (exact) mass is 389 g/mol. The van der Waals surface area contributed by atoms with Crippen LogP contribution in [0.3, 0.4) is 0 Å². The zero-order chi connectivity index (χ0) is 20.0. The molecule has 0 unspecified atom stereocenters. The standard InChI is InChI=1S/C18H19N3O5S/c1-10(2)14(20-16(23)13-5-4-7-25-13)18(24)26-11(3)15(22)21-17-12(9-19)6-8-27-17/h4-8,10-11,14H,1-3H3,(H,20,23)(H,21,22)/t11-,14+/m1/s1. The fourth-order valence-corrected chi connectivity index (χ4v) is 2.87. The molecule has 0 aliphatic heterocycles. The molecule has 0 radical (unpaired) electrons. The second kappa shape index (κ2) is 9.00. The minimum absolute atomic E-state index is 0.0703. The van der Waals surface area contributed by atoms with Crippen molar-refractivity contribution in [2.45, 2.75) is 32.9 Å². The van der Waals surface area contributed by atoms with Gasteiger partial charge in [0.05, 0.1) is 11.8 Å². The van der Waals surface area contributed by atoms with E-state index in [2.05, 4.69) is 10.6 Å². The van der Waals surface area contributed by atoms with Gasteiger partial charge in [-0.2, -0.15) is 5.26 Å².